The van der Waals surface area contributed by atoms with Crippen molar-refractivity contribution in [1.82, 2.24) is 5.43 Å². The number of amides is 2. The van der Waals surface area contributed by atoms with Crippen LogP contribution in [-0.4, -0.2) is 27.4 Å². The van der Waals surface area contributed by atoms with Crippen LogP contribution in [0.5, 0.6) is 0 Å². The number of non-ortho nitro benzene ring substituents is 1. The van der Waals surface area contributed by atoms with Gasteiger partial charge in [-0.3, -0.25) is 29.8 Å². The zero-order valence-electron chi connectivity index (χ0n) is 16.9. The maximum absolute atomic E-state index is 12.7. The molecule has 11 nitrogen and oxygen atoms in total. The van der Waals surface area contributed by atoms with Gasteiger partial charge < -0.3 is 5.32 Å². The molecule has 14 heteroatoms. The number of carbonyl (C=O) groups is 2. The lowest BCUT2D eigenvalue weighted by Gasteiger charge is -2.10. The van der Waals surface area contributed by atoms with E-state index in [0.29, 0.717) is 0 Å². The van der Waals surface area contributed by atoms with Crippen LogP contribution in [-0.2, 0) is 22.2 Å². The van der Waals surface area contributed by atoms with Crippen molar-refractivity contribution < 1.29 is 32.6 Å². The third kappa shape index (κ3) is 7.37. The first-order valence-corrected chi connectivity index (χ1v) is 9.07. The van der Waals surface area contributed by atoms with Gasteiger partial charge >= 0.3 is 6.18 Å². The molecule has 2 aromatic carbocycles. The number of hydrogen-bond donors (Lipinski definition) is 2. The molecule has 0 aliphatic carbocycles. The third-order valence-electron chi connectivity index (χ3n) is 4.09. The fraction of sp³-hybridized carbons (Fsp3) is 0.211. The SMILES string of the molecule is CC(CC(=O)Nc1cccc(C(F)(F)F)c1)=NNC(=O)Cc1ccc([N+](=O)[O-])cc1[N+](=O)[O-]. The lowest BCUT2D eigenvalue weighted by Crippen LogP contribution is -2.23. The highest BCUT2D eigenvalue weighted by Gasteiger charge is 2.30. The second-order valence-electron chi connectivity index (χ2n) is 6.69. The lowest BCUT2D eigenvalue weighted by atomic mass is 10.1. The van der Waals surface area contributed by atoms with E-state index in [1.165, 1.54) is 13.0 Å². The molecule has 0 heterocycles. The number of anilines is 1. The minimum absolute atomic E-state index is 0.0721. The number of halogens is 3. The molecular weight excluding hydrogens is 451 g/mol. The maximum Gasteiger partial charge on any atom is 0.416 e. The van der Waals surface area contributed by atoms with E-state index in [2.05, 4.69) is 15.8 Å². The van der Waals surface area contributed by atoms with Crippen molar-refractivity contribution in [3.63, 3.8) is 0 Å². The summed E-state index contributed by atoms with van der Waals surface area (Å²) in [6, 6.07) is 6.86. The van der Waals surface area contributed by atoms with Crippen molar-refractivity contribution in [1.29, 1.82) is 0 Å². The topological polar surface area (TPSA) is 157 Å². The number of nitrogens with zero attached hydrogens (tertiary/aromatic N) is 3. The van der Waals surface area contributed by atoms with Gasteiger partial charge in [-0.05, 0) is 31.2 Å². The number of nitro benzene ring substituents is 2. The number of hydrazone groups is 1. The van der Waals surface area contributed by atoms with Crippen LogP contribution in [0, 0.1) is 20.2 Å². The van der Waals surface area contributed by atoms with Gasteiger partial charge in [-0.2, -0.15) is 18.3 Å². The van der Waals surface area contributed by atoms with E-state index in [4.69, 9.17) is 0 Å². The molecule has 0 unspecified atom stereocenters. The Bertz CT molecular complexity index is 1130. The third-order valence-corrected chi connectivity index (χ3v) is 4.09. The molecule has 2 aromatic rings. The van der Waals surface area contributed by atoms with E-state index < -0.39 is 51.2 Å². The summed E-state index contributed by atoms with van der Waals surface area (Å²) in [7, 11) is 0. The van der Waals surface area contributed by atoms with Gasteiger partial charge in [0, 0.05) is 23.0 Å². The first-order valence-electron chi connectivity index (χ1n) is 9.07. The number of alkyl halides is 3. The van der Waals surface area contributed by atoms with Gasteiger partial charge in [0.15, 0.2) is 0 Å². The molecule has 0 radical (unpaired) electrons. The minimum Gasteiger partial charge on any atom is -0.326 e. The number of rotatable bonds is 8. The number of nitro groups is 2. The van der Waals surface area contributed by atoms with Crippen LogP contribution in [0.4, 0.5) is 30.2 Å². The van der Waals surface area contributed by atoms with E-state index in [0.717, 1.165) is 36.4 Å². The fourth-order valence-corrected chi connectivity index (χ4v) is 2.61. The molecule has 2 amide bonds. The molecule has 0 saturated carbocycles. The molecule has 0 aliphatic rings. The van der Waals surface area contributed by atoms with Gasteiger partial charge in [-0.15, -0.1) is 0 Å². The van der Waals surface area contributed by atoms with Crippen molar-refractivity contribution >= 4 is 34.6 Å². The van der Waals surface area contributed by atoms with Crippen LogP contribution < -0.4 is 10.7 Å². The van der Waals surface area contributed by atoms with Crippen LogP contribution >= 0.6 is 0 Å². The summed E-state index contributed by atoms with van der Waals surface area (Å²) in [6.45, 7) is 1.38. The van der Waals surface area contributed by atoms with Gasteiger partial charge in [-0.1, -0.05) is 6.07 Å². The molecule has 0 fully saturated rings. The fourth-order valence-electron chi connectivity index (χ4n) is 2.61. The van der Waals surface area contributed by atoms with Crippen molar-refractivity contribution in [2.24, 2.45) is 5.10 Å². The Labute approximate surface area is 183 Å². The summed E-state index contributed by atoms with van der Waals surface area (Å²) < 4.78 is 38.2. The van der Waals surface area contributed by atoms with Gasteiger partial charge in [0.25, 0.3) is 11.4 Å². The van der Waals surface area contributed by atoms with Crippen molar-refractivity contribution in [3.05, 3.63) is 73.8 Å². The summed E-state index contributed by atoms with van der Waals surface area (Å²) >= 11 is 0. The van der Waals surface area contributed by atoms with Crippen molar-refractivity contribution in [2.75, 3.05) is 5.32 Å². The molecular formula is C19H16F3N5O6. The Hall–Kier alpha value is -4.36. The Balaban J connectivity index is 1.97. The predicted octanol–water partition coefficient (Wildman–Crippen LogP) is 3.59. The summed E-state index contributed by atoms with van der Waals surface area (Å²) in [4.78, 5) is 44.2. The van der Waals surface area contributed by atoms with Crippen molar-refractivity contribution in [2.45, 2.75) is 25.9 Å². The summed E-state index contributed by atoms with van der Waals surface area (Å²) in [6.07, 6.45) is -5.43. The van der Waals surface area contributed by atoms with Crippen LogP contribution in [0.25, 0.3) is 0 Å². The van der Waals surface area contributed by atoms with Crippen LogP contribution in [0.1, 0.15) is 24.5 Å². The lowest BCUT2D eigenvalue weighted by molar-refractivity contribution is -0.394. The zero-order chi connectivity index (χ0) is 24.8. The molecule has 0 saturated heterocycles. The quantitative estimate of drug-likeness (QED) is 0.343. The second-order valence-corrected chi connectivity index (χ2v) is 6.69. The summed E-state index contributed by atoms with van der Waals surface area (Å²) in [5.41, 5.74) is -0.00842. The molecule has 2 N–H and O–H groups in total. The molecule has 0 spiro atoms. The zero-order valence-corrected chi connectivity index (χ0v) is 16.9. The standard InChI is InChI=1S/C19H16F3N5O6/c1-11(7-17(28)23-14-4-2-3-13(9-14)19(20,21)22)24-25-18(29)8-12-5-6-15(26(30)31)10-16(12)27(32)33/h2-6,9-10H,7-8H2,1H3,(H,23,28)(H,25,29). The summed E-state index contributed by atoms with van der Waals surface area (Å²) in [5, 5.41) is 27.8. The molecule has 33 heavy (non-hydrogen) atoms. The number of hydrogen-bond acceptors (Lipinski definition) is 7. The molecule has 0 aliphatic heterocycles. The average molecular weight is 467 g/mol. The number of carbonyl (C=O) groups excluding carboxylic acids is 2. The average Bonchev–Trinajstić information content (AvgIpc) is 2.71. The second kappa shape index (κ2) is 10.3. The minimum atomic E-state index is -4.57. The van der Waals surface area contributed by atoms with E-state index in [9.17, 15) is 43.0 Å². The van der Waals surface area contributed by atoms with Crippen LogP contribution in [0.2, 0.25) is 0 Å². The Morgan fingerprint density at radius 1 is 1.03 bits per heavy atom. The Morgan fingerprint density at radius 3 is 2.33 bits per heavy atom. The normalized spacial score (nSPS) is 11.6. The van der Waals surface area contributed by atoms with Crippen LogP contribution in [0.3, 0.4) is 0 Å². The Morgan fingerprint density at radius 2 is 1.73 bits per heavy atom. The van der Waals surface area contributed by atoms with E-state index in [1.807, 2.05) is 0 Å². The van der Waals surface area contributed by atoms with Gasteiger partial charge in [0.2, 0.25) is 11.8 Å². The van der Waals surface area contributed by atoms with E-state index >= 15 is 0 Å². The highest BCUT2D eigenvalue weighted by molar-refractivity contribution is 6.05. The largest absolute Gasteiger partial charge is 0.416 e. The number of benzene rings is 2. The van der Waals surface area contributed by atoms with Gasteiger partial charge in [-0.25, -0.2) is 5.43 Å². The van der Waals surface area contributed by atoms with Gasteiger partial charge in [0.05, 0.1) is 34.3 Å². The predicted molar refractivity (Wildman–Crippen MR) is 109 cm³/mol. The molecule has 174 valence electrons. The first-order chi connectivity index (χ1) is 15.4. The van der Waals surface area contributed by atoms with Crippen LogP contribution in [0.15, 0.2) is 47.6 Å². The Kier molecular flexibility index (Phi) is 7.77. The van der Waals surface area contributed by atoms with E-state index in [-0.39, 0.29) is 23.4 Å². The maximum atomic E-state index is 12.7. The van der Waals surface area contributed by atoms with Gasteiger partial charge in [0.1, 0.15) is 0 Å². The first kappa shape index (κ1) is 24.9. The summed E-state index contributed by atoms with van der Waals surface area (Å²) in [5.74, 6) is -1.47. The molecule has 0 bridgehead atoms. The molecule has 0 aromatic heterocycles. The van der Waals surface area contributed by atoms with Crippen molar-refractivity contribution in [3.8, 4) is 0 Å². The molecule has 2 rings (SSSR count). The molecule has 0 atom stereocenters. The van der Waals surface area contributed by atoms with E-state index in [1.54, 1.807) is 0 Å². The highest BCUT2D eigenvalue weighted by atomic mass is 19.4. The monoisotopic (exact) mass is 467 g/mol. The number of nitrogens with one attached hydrogen (secondary N) is 2. The highest BCUT2D eigenvalue weighted by Crippen LogP contribution is 2.30. The smallest absolute Gasteiger partial charge is 0.326 e.